The van der Waals surface area contributed by atoms with Gasteiger partial charge in [0.05, 0.1) is 10.6 Å². The molecule has 2 rings (SSSR count). The molecule has 98 valence electrons. The van der Waals surface area contributed by atoms with Crippen molar-refractivity contribution in [2.45, 2.75) is 6.54 Å². The number of nitro groups is 1. The van der Waals surface area contributed by atoms with Crippen LogP contribution >= 0.6 is 0 Å². The summed E-state index contributed by atoms with van der Waals surface area (Å²) in [7, 11) is 1.75. The third-order valence-corrected chi connectivity index (χ3v) is 2.48. The zero-order chi connectivity index (χ0) is 13.8. The SMILES string of the molecule is CNCc1cc(=O)[nH]c(-c2cccc([N+](=O)[O-])c2)n1. The molecule has 0 saturated heterocycles. The van der Waals surface area contributed by atoms with Crippen molar-refractivity contribution in [3.8, 4) is 11.4 Å². The van der Waals surface area contributed by atoms with E-state index in [0.29, 0.717) is 23.6 Å². The molecule has 0 aliphatic heterocycles. The molecule has 1 aromatic heterocycles. The lowest BCUT2D eigenvalue weighted by Gasteiger charge is -2.04. The molecule has 0 fully saturated rings. The highest BCUT2D eigenvalue weighted by Gasteiger charge is 2.09. The van der Waals surface area contributed by atoms with Crippen LogP contribution in [0.3, 0.4) is 0 Å². The number of nitro benzene ring substituents is 1. The zero-order valence-corrected chi connectivity index (χ0v) is 10.2. The molecule has 1 heterocycles. The normalized spacial score (nSPS) is 10.4. The van der Waals surface area contributed by atoms with Crippen molar-refractivity contribution in [1.82, 2.24) is 15.3 Å². The van der Waals surface area contributed by atoms with Crippen molar-refractivity contribution in [2.75, 3.05) is 7.05 Å². The van der Waals surface area contributed by atoms with Crippen LogP contribution in [0.1, 0.15) is 5.69 Å². The Morgan fingerprint density at radius 3 is 2.89 bits per heavy atom. The summed E-state index contributed by atoms with van der Waals surface area (Å²) in [5, 5.41) is 13.6. The van der Waals surface area contributed by atoms with Crippen molar-refractivity contribution in [3.63, 3.8) is 0 Å². The third kappa shape index (κ3) is 3.02. The summed E-state index contributed by atoms with van der Waals surface area (Å²) in [5.41, 5.74) is 0.748. The number of hydrogen-bond acceptors (Lipinski definition) is 5. The number of aromatic amines is 1. The molecule has 0 amide bonds. The summed E-state index contributed by atoms with van der Waals surface area (Å²) in [6.45, 7) is 0.450. The maximum Gasteiger partial charge on any atom is 0.270 e. The van der Waals surface area contributed by atoms with E-state index in [1.165, 1.54) is 18.2 Å². The maximum absolute atomic E-state index is 11.5. The lowest BCUT2D eigenvalue weighted by molar-refractivity contribution is -0.384. The minimum atomic E-state index is -0.487. The molecule has 0 unspecified atom stereocenters. The summed E-state index contributed by atoms with van der Waals surface area (Å²) in [4.78, 5) is 28.6. The summed E-state index contributed by atoms with van der Waals surface area (Å²) >= 11 is 0. The summed E-state index contributed by atoms with van der Waals surface area (Å²) < 4.78 is 0. The van der Waals surface area contributed by atoms with Crippen LogP contribution < -0.4 is 10.9 Å². The average molecular weight is 260 g/mol. The Hall–Kier alpha value is -2.54. The van der Waals surface area contributed by atoms with E-state index in [0.717, 1.165) is 0 Å². The molecular weight excluding hydrogens is 248 g/mol. The number of benzene rings is 1. The topological polar surface area (TPSA) is 101 Å². The Bertz CT molecular complexity index is 666. The van der Waals surface area contributed by atoms with E-state index in [1.54, 1.807) is 19.2 Å². The molecule has 0 bridgehead atoms. The highest BCUT2D eigenvalue weighted by atomic mass is 16.6. The van der Waals surface area contributed by atoms with E-state index >= 15 is 0 Å². The van der Waals surface area contributed by atoms with Crippen LogP contribution in [0.2, 0.25) is 0 Å². The van der Waals surface area contributed by atoms with Crippen LogP contribution in [0.5, 0.6) is 0 Å². The van der Waals surface area contributed by atoms with Crippen molar-refractivity contribution in [2.24, 2.45) is 0 Å². The predicted molar refractivity (Wildman–Crippen MR) is 69.7 cm³/mol. The number of hydrogen-bond donors (Lipinski definition) is 2. The van der Waals surface area contributed by atoms with E-state index in [1.807, 2.05) is 0 Å². The lowest BCUT2D eigenvalue weighted by Crippen LogP contribution is -2.14. The van der Waals surface area contributed by atoms with Gasteiger partial charge in [0.2, 0.25) is 0 Å². The van der Waals surface area contributed by atoms with Gasteiger partial charge in [-0.3, -0.25) is 14.9 Å². The van der Waals surface area contributed by atoms with Gasteiger partial charge in [0.15, 0.2) is 0 Å². The quantitative estimate of drug-likeness (QED) is 0.632. The minimum Gasteiger partial charge on any atom is -0.314 e. The molecule has 7 heteroatoms. The standard InChI is InChI=1S/C12H12N4O3/c1-13-7-9-6-11(17)15-12(14-9)8-3-2-4-10(5-8)16(18)19/h2-6,13H,7H2,1H3,(H,14,15,17). The van der Waals surface area contributed by atoms with E-state index in [2.05, 4.69) is 15.3 Å². The summed E-state index contributed by atoms with van der Waals surface area (Å²) in [5.74, 6) is 0.321. The van der Waals surface area contributed by atoms with Crippen LogP contribution in [-0.2, 0) is 6.54 Å². The van der Waals surface area contributed by atoms with E-state index < -0.39 is 4.92 Å². The average Bonchev–Trinajstić information content (AvgIpc) is 2.38. The highest BCUT2D eigenvalue weighted by molar-refractivity contribution is 5.58. The van der Waals surface area contributed by atoms with Crippen LogP contribution in [0.4, 0.5) is 5.69 Å². The van der Waals surface area contributed by atoms with Gasteiger partial charge < -0.3 is 10.3 Å². The van der Waals surface area contributed by atoms with Gasteiger partial charge in [-0.1, -0.05) is 12.1 Å². The second kappa shape index (κ2) is 5.40. The first-order valence-corrected chi connectivity index (χ1v) is 5.60. The molecule has 19 heavy (non-hydrogen) atoms. The second-order valence-electron chi connectivity index (χ2n) is 3.92. The second-order valence-corrected chi connectivity index (χ2v) is 3.92. The minimum absolute atomic E-state index is 0.0424. The largest absolute Gasteiger partial charge is 0.314 e. The molecule has 7 nitrogen and oxygen atoms in total. The summed E-state index contributed by atoms with van der Waals surface area (Å²) in [6, 6.07) is 7.37. The number of nitrogens with zero attached hydrogens (tertiary/aromatic N) is 2. The first-order chi connectivity index (χ1) is 9.10. The molecular formula is C12H12N4O3. The van der Waals surface area contributed by atoms with Crippen LogP contribution in [0.25, 0.3) is 11.4 Å². The van der Waals surface area contributed by atoms with Crippen LogP contribution in [0, 0.1) is 10.1 Å². The molecule has 1 aromatic carbocycles. The summed E-state index contributed by atoms with van der Waals surface area (Å²) in [6.07, 6.45) is 0. The van der Waals surface area contributed by atoms with Crippen molar-refractivity contribution >= 4 is 5.69 Å². The van der Waals surface area contributed by atoms with Gasteiger partial charge in [-0.25, -0.2) is 4.98 Å². The lowest BCUT2D eigenvalue weighted by atomic mass is 10.2. The van der Waals surface area contributed by atoms with Crippen LogP contribution in [-0.4, -0.2) is 21.9 Å². The Morgan fingerprint density at radius 2 is 2.21 bits per heavy atom. The number of non-ortho nitro benzene ring substituents is 1. The Balaban J connectivity index is 2.49. The number of aromatic nitrogens is 2. The van der Waals surface area contributed by atoms with Gasteiger partial charge in [0.25, 0.3) is 11.2 Å². The highest BCUT2D eigenvalue weighted by Crippen LogP contribution is 2.20. The van der Waals surface area contributed by atoms with Crippen LogP contribution in [0.15, 0.2) is 35.1 Å². The van der Waals surface area contributed by atoms with Gasteiger partial charge in [-0.05, 0) is 7.05 Å². The molecule has 2 aromatic rings. The van der Waals surface area contributed by atoms with E-state index in [9.17, 15) is 14.9 Å². The molecule has 0 spiro atoms. The molecule has 2 N–H and O–H groups in total. The fourth-order valence-electron chi connectivity index (χ4n) is 1.68. The maximum atomic E-state index is 11.5. The number of rotatable bonds is 4. The third-order valence-electron chi connectivity index (χ3n) is 2.48. The molecule has 0 saturated carbocycles. The Morgan fingerprint density at radius 1 is 1.42 bits per heavy atom. The first kappa shape index (κ1) is 12.9. The fourth-order valence-corrected chi connectivity index (χ4v) is 1.68. The Kier molecular flexibility index (Phi) is 3.67. The molecule has 0 radical (unpaired) electrons. The number of nitrogens with one attached hydrogen (secondary N) is 2. The first-order valence-electron chi connectivity index (χ1n) is 5.60. The van der Waals surface area contributed by atoms with Gasteiger partial charge in [-0.15, -0.1) is 0 Å². The molecule has 0 atom stereocenters. The molecule has 0 aliphatic carbocycles. The van der Waals surface area contributed by atoms with Crippen molar-refractivity contribution in [1.29, 1.82) is 0 Å². The monoisotopic (exact) mass is 260 g/mol. The fraction of sp³-hybridized carbons (Fsp3) is 0.167. The Labute approximate surface area is 108 Å². The van der Waals surface area contributed by atoms with Gasteiger partial charge in [0.1, 0.15) is 5.82 Å². The van der Waals surface area contributed by atoms with Crippen molar-refractivity contribution < 1.29 is 4.92 Å². The van der Waals surface area contributed by atoms with Gasteiger partial charge in [-0.2, -0.15) is 0 Å². The molecule has 0 aliphatic rings. The smallest absolute Gasteiger partial charge is 0.270 e. The zero-order valence-electron chi connectivity index (χ0n) is 10.2. The van der Waals surface area contributed by atoms with E-state index in [4.69, 9.17) is 0 Å². The van der Waals surface area contributed by atoms with Crippen molar-refractivity contribution in [3.05, 3.63) is 56.5 Å². The van der Waals surface area contributed by atoms with Gasteiger partial charge >= 0.3 is 0 Å². The van der Waals surface area contributed by atoms with Gasteiger partial charge in [0, 0.05) is 30.3 Å². The predicted octanol–water partition coefficient (Wildman–Crippen LogP) is 1.06. The number of H-pyrrole nitrogens is 1. The van der Waals surface area contributed by atoms with E-state index in [-0.39, 0.29) is 11.2 Å².